The second kappa shape index (κ2) is 6.10. The van der Waals surface area contributed by atoms with Crippen LogP contribution in [0.5, 0.6) is 0 Å². The van der Waals surface area contributed by atoms with Crippen molar-refractivity contribution in [1.29, 1.82) is 0 Å². The average molecular weight is 271 g/mol. The predicted octanol–water partition coefficient (Wildman–Crippen LogP) is 3.36. The standard InChI is InChI=1S/C16H17NO3/c1-11(10-15(18)20-3)16-13(8-9-19-2)12-6-4-5-7-14(12)17-16/h4-10,17H,1-3H3/b9-8+,11-10+. The zero-order valence-electron chi connectivity index (χ0n) is 11.8. The second-order valence-electron chi connectivity index (χ2n) is 4.35. The van der Waals surface area contributed by atoms with Crippen LogP contribution in [0.4, 0.5) is 0 Å². The van der Waals surface area contributed by atoms with Crippen molar-refractivity contribution in [3.63, 3.8) is 0 Å². The van der Waals surface area contributed by atoms with Crippen LogP contribution in [0.2, 0.25) is 0 Å². The number of methoxy groups -OCH3 is 2. The molecule has 0 saturated carbocycles. The minimum atomic E-state index is -0.372. The first kappa shape index (κ1) is 13.9. The molecule has 1 heterocycles. The van der Waals surface area contributed by atoms with E-state index in [0.717, 1.165) is 27.7 Å². The second-order valence-corrected chi connectivity index (χ2v) is 4.35. The summed E-state index contributed by atoms with van der Waals surface area (Å²) in [6.07, 6.45) is 4.96. The average Bonchev–Trinajstić information content (AvgIpc) is 2.83. The van der Waals surface area contributed by atoms with E-state index in [9.17, 15) is 4.79 Å². The van der Waals surface area contributed by atoms with E-state index >= 15 is 0 Å². The molecule has 0 amide bonds. The van der Waals surface area contributed by atoms with Gasteiger partial charge in [-0.05, 0) is 24.6 Å². The van der Waals surface area contributed by atoms with E-state index in [1.165, 1.54) is 13.2 Å². The highest BCUT2D eigenvalue weighted by molar-refractivity contribution is 5.98. The van der Waals surface area contributed by atoms with Gasteiger partial charge in [-0.2, -0.15) is 0 Å². The number of carbonyl (C=O) groups is 1. The van der Waals surface area contributed by atoms with Crippen molar-refractivity contribution in [3.8, 4) is 0 Å². The van der Waals surface area contributed by atoms with Crippen LogP contribution in [-0.2, 0) is 14.3 Å². The maximum atomic E-state index is 11.4. The molecule has 1 N–H and O–H groups in total. The van der Waals surface area contributed by atoms with Crippen molar-refractivity contribution >= 4 is 28.5 Å². The van der Waals surface area contributed by atoms with Crippen molar-refractivity contribution in [2.45, 2.75) is 6.92 Å². The third-order valence-corrected chi connectivity index (χ3v) is 3.05. The van der Waals surface area contributed by atoms with Crippen LogP contribution in [0.25, 0.3) is 22.6 Å². The Hall–Kier alpha value is -2.49. The Labute approximate surface area is 117 Å². The third-order valence-electron chi connectivity index (χ3n) is 3.05. The molecule has 0 atom stereocenters. The van der Waals surface area contributed by atoms with E-state index in [0.29, 0.717) is 0 Å². The summed E-state index contributed by atoms with van der Waals surface area (Å²) in [7, 11) is 2.96. The van der Waals surface area contributed by atoms with Crippen LogP contribution in [0.15, 0.2) is 36.6 Å². The van der Waals surface area contributed by atoms with Crippen LogP contribution in [0.3, 0.4) is 0 Å². The lowest BCUT2D eigenvalue weighted by atomic mass is 10.1. The molecule has 0 aliphatic carbocycles. The topological polar surface area (TPSA) is 51.3 Å². The Kier molecular flexibility index (Phi) is 4.25. The van der Waals surface area contributed by atoms with Gasteiger partial charge >= 0.3 is 5.97 Å². The summed E-state index contributed by atoms with van der Waals surface area (Å²) in [6.45, 7) is 1.87. The summed E-state index contributed by atoms with van der Waals surface area (Å²) in [5, 5.41) is 1.08. The largest absolute Gasteiger partial charge is 0.504 e. The van der Waals surface area contributed by atoms with E-state index in [2.05, 4.69) is 9.72 Å². The van der Waals surface area contributed by atoms with Gasteiger partial charge in [-0.15, -0.1) is 0 Å². The number of ether oxygens (including phenoxy) is 2. The number of aromatic amines is 1. The van der Waals surface area contributed by atoms with Gasteiger partial charge in [0, 0.05) is 28.2 Å². The first-order valence-electron chi connectivity index (χ1n) is 6.24. The quantitative estimate of drug-likeness (QED) is 0.527. The molecule has 2 rings (SSSR count). The lowest BCUT2D eigenvalue weighted by Crippen LogP contribution is -1.96. The molecule has 1 aromatic heterocycles. The summed E-state index contributed by atoms with van der Waals surface area (Å²) in [6, 6.07) is 7.96. The van der Waals surface area contributed by atoms with E-state index in [1.807, 2.05) is 37.3 Å². The first-order chi connectivity index (χ1) is 9.67. The monoisotopic (exact) mass is 271 g/mol. The molecule has 1 aromatic carbocycles. The number of aromatic nitrogens is 1. The summed E-state index contributed by atoms with van der Waals surface area (Å²) in [4.78, 5) is 14.7. The number of fused-ring (bicyclic) bond motifs is 1. The van der Waals surface area contributed by atoms with Crippen LogP contribution in [0, 0.1) is 0 Å². The molecule has 0 unspecified atom stereocenters. The number of rotatable bonds is 4. The molecule has 0 saturated heterocycles. The lowest BCUT2D eigenvalue weighted by Gasteiger charge is -2.01. The molecule has 20 heavy (non-hydrogen) atoms. The Morgan fingerprint density at radius 3 is 2.70 bits per heavy atom. The maximum Gasteiger partial charge on any atom is 0.330 e. The highest BCUT2D eigenvalue weighted by Crippen LogP contribution is 2.28. The molecule has 0 fully saturated rings. The van der Waals surface area contributed by atoms with E-state index in [4.69, 9.17) is 4.74 Å². The van der Waals surface area contributed by atoms with Crippen molar-refractivity contribution in [1.82, 2.24) is 4.98 Å². The molecule has 104 valence electrons. The molecule has 0 aliphatic rings. The predicted molar refractivity (Wildman–Crippen MR) is 80.0 cm³/mol. The molecule has 2 aromatic rings. The summed E-state index contributed by atoms with van der Waals surface area (Å²) in [5.74, 6) is -0.372. The molecular formula is C16H17NO3. The lowest BCUT2D eigenvalue weighted by molar-refractivity contribution is -0.134. The fourth-order valence-electron chi connectivity index (χ4n) is 2.09. The van der Waals surface area contributed by atoms with Crippen molar-refractivity contribution in [2.75, 3.05) is 14.2 Å². The number of carbonyl (C=O) groups excluding carboxylic acids is 1. The highest BCUT2D eigenvalue weighted by atomic mass is 16.5. The molecule has 4 nitrogen and oxygen atoms in total. The van der Waals surface area contributed by atoms with Gasteiger partial charge in [0.05, 0.1) is 20.5 Å². The van der Waals surface area contributed by atoms with Crippen LogP contribution in [-0.4, -0.2) is 25.2 Å². The van der Waals surface area contributed by atoms with E-state index in [-0.39, 0.29) is 5.97 Å². The summed E-state index contributed by atoms with van der Waals surface area (Å²) >= 11 is 0. The van der Waals surface area contributed by atoms with E-state index in [1.54, 1.807) is 13.4 Å². The van der Waals surface area contributed by atoms with Crippen LogP contribution < -0.4 is 0 Å². The van der Waals surface area contributed by atoms with Crippen LogP contribution >= 0.6 is 0 Å². The summed E-state index contributed by atoms with van der Waals surface area (Å²) in [5.41, 5.74) is 3.68. The molecule has 0 aliphatic heterocycles. The first-order valence-corrected chi connectivity index (χ1v) is 6.24. The van der Waals surface area contributed by atoms with Gasteiger partial charge in [-0.3, -0.25) is 0 Å². The highest BCUT2D eigenvalue weighted by Gasteiger charge is 2.11. The molecular weight excluding hydrogens is 254 g/mol. The fraction of sp³-hybridized carbons (Fsp3) is 0.188. The fourth-order valence-corrected chi connectivity index (χ4v) is 2.09. The van der Waals surface area contributed by atoms with Gasteiger partial charge in [0.25, 0.3) is 0 Å². The number of hydrogen-bond acceptors (Lipinski definition) is 3. The SMILES string of the molecule is CO/C=C/c1c(/C(C)=C/C(=O)OC)[nH]c2ccccc12. The Morgan fingerprint density at radius 2 is 2.00 bits per heavy atom. The van der Waals surface area contributed by atoms with Crippen LogP contribution in [0.1, 0.15) is 18.2 Å². The zero-order chi connectivity index (χ0) is 14.5. The van der Waals surface area contributed by atoms with Gasteiger partial charge in [0.2, 0.25) is 0 Å². The van der Waals surface area contributed by atoms with Crippen molar-refractivity contribution in [3.05, 3.63) is 47.9 Å². The normalized spacial score (nSPS) is 12.1. The molecule has 4 heteroatoms. The molecule has 0 bridgehead atoms. The Balaban J connectivity index is 2.59. The van der Waals surface area contributed by atoms with Gasteiger partial charge < -0.3 is 14.5 Å². The number of esters is 1. The zero-order valence-corrected chi connectivity index (χ0v) is 11.8. The number of benzene rings is 1. The summed E-state index contributed by atoms with van der Waals surface area (Å²) < 4.78 is 9.66. The Bertz CT molecular complexity index is 680. The third kappa shape index (κ3) is 2.74. The maximum absolute atomic E-state index is 11.4. The minimum absolute atomic E-state index is 0.372. The van der Waals surface area contributed by atoms with Gasteiger partial charge in [-0.25, -0.2) is 4.79 Å². The molecule has 0 spiro atoms. The van der Waals surface area contributed by atoms with Gasteiger partial charge in [0.1, 0.15) is 0 Å². The minimum Gasteiger partial charge on any atom is -0.504 e. The van der Waals surface area contributed by atoms with Crippen molar-refractivity contribution < 1.29 is 14.3 Å². The Morgan fingerprint density at radius 1 is 1.25 bits per heavy atom. The number of hydrogen-bond donors (Lipinski definition) is 1. The van der Waals surface area contributed by atoms with Gasteiger partial charge in [-0.1, -0.05) is 18.2 Å². The number of H-pyrrole nitrogens is 1. The van der Waals surface area contributed by atoms with Gasteiger partial charge in [0.15, 0.2) is 0 Å². The number of para-hydroxylation sites is 1. The number of nitrogens with one attached hydrogen (secondary N) is 1. The smallest absolute Gasteiger partial charge is 0.330 e. The number of allylic oxidation sites excluding steroid dienone is 1. The van der Waals surface area contributed by atoms with Crippen molar-refractivity contribution in [2.24, 2.45) is 0 Å². The molecule has 0 radical (unpaired) electrons. The van der Waals surface area contributed by atoms with E-state index < -0.39 is 0 Å².